The van der Waals surface area contributed by atoms with Gasteiger partial charge in [0.15, 0.2) is 12.3 Å². The van der Waals surface area contributed by atoms with Gasteiger partial charge in [-0.25, -0.2) is 4.98 Å². The minimum atomic E-state index is -0.241. The zero-order valence-corrected chi connectivity index (χ0v) is 14.4. The number of halogens is 1. The van der Waals surface area contributed by atoms with Gasteiger partial charge in [0.1, 0.15) is 12.0 Å². The summed E-state index contributed by atoms with van der Waals surface area (Å²) >= 11 is 6.13. The second-order valence-corrected chi connectivity index (χ2v) is 5.89. The van der Waals surface area contributed by atoms with Gasteiger partial charge >= 0.3 is 0 Å². The summed E-state index contributed by atoms with van der Waals surface area (Å²) in [7, 11) is 1.69. The summed E-state index contributed by atoms with van der Waals surface area (Å²) in [5, 5.41) is 0.624. The molecule has 0 N–H and O–H groups in total. The van der Waals surface area contributed by atoms with E-state index in [4.69, 9.17) is 20.8 Å². The summed E-state index contributed by atoms with van der Waals surface area (Å²) in [6.45, 7) is 0.548. The molecule has 5 nitrogen and oxygen atoms in total. The van der Waals surface area contributed by atoms with Crippen molar-refractivity contribution < 1.29 is 13.9 Å². The summed E-state index contributed by atoms with van der Waals surface area (Å²) in [5.74, 6) is 0.817. The number of hydrogen-bond donors (Lipinski definition) is 0. The quantitative estimate of drug-likeness (QED) is 0.665. The van der Waals surface area contributed by atoms with E-state index >= 15 is 0 Å². The summed E-state index contributed by atoms with van der Waals surface area (Å²) in [6.07, 6.45) is 1.34. The van der Waals surface area contributed by atoms with Gasteiger partial charge in [-0.1, -0.05) is 48.0 Å². The number of rotatable bonds is 6. The Hall–Kier alpha value is -2.79. The smallest absolute Gasteiger partial charge is 0.275 e. The molecule has 0 spiro atoms. The number of hydrogen-bond acceptors (Lipinski definition) is 4. The second-order valence-electron chi connectivity index (χ2n) is 5.48. The molecule has 25 heavy (non-hydrogen) atoms. The Morgan fingerprint density at radius 2 is 1.88 bits per heavy atom. The van der Waals surface area contributed by atoms with Gasteiger partial charge in [0.2, 0.25) is 5.89 Å². The van der Waals surface area contributed by atoms with Crippen LogP contribution in [0.25, 0.3) is 0 Å². The van der Waals surface area contributed by atoms with Gasteiger partial charge in [-0.15, -0.1) is 0 Å². The van der Waals surface area contributed by atoms with Crippen molar-refractivity contribution in [2.24, 2.45) is 0 Å². The van der Waals surface area contributed by atoms with Crippen LogP contribution in [-0.2, 0) is 13.2 Å². The maximum Gasteiger partial charge on any atom is 0.275 e. The van der Waals surface area contributed by atoms with E-state index in [0.29, 0.717) is 23.2 Å². The van der Waals surface area contributed by atoms with E-state index in [0.717, 1.165) is 5.56 Å². The molecule has 2 aromatic carbocycles. The molecule has 0 bridgehead atoms. The van der Waals surface area contributed by atoms with Crippen LogP contribution < -0.4 is 4.74 Å². The summed E-state index contributed by atoms with van der Waals surface area (Å²) in [6, 6.07) is 16.8. The summed E-state index contributed by atoms with van der Waals surface area (Å²) in [5.41, 5.74) is 1.11. The van der Waals surface area contributed by atoms with Gasteiger partial charge in [-0.2, -0.15) is 0 Å². The highest BCUT2D eigenvalue weighted by Gasteiger charge is 2.18. The molecule has 3 aromatic rings. The number of benzene rings is 2. The number of ether oxygens (including phenoxy) is 1. The van der Waals surface area contributed by atoms with Gasteiger partial charge in [0, 0.05) is 18.6 Å². The molecule has 6 heteroatoms. The standard InChI is InChI=1S/C19H17ClN2O3/c1-22(11-14-7-5-6-10-16(14)20)19(23)17-12-25-18(21-17)13-24-15-8-3-2-4-9-15/h2-10,12H,11,13H2,1H3. The molecule has 0 aliphatic carbocycles. The predicted octanol–water partition coefficient (Wildman–Crippen LogP) is 4.18. The minimum absolute atomic E-state index is 0.158. The fraction of sp³-hybridized carbons (Fsp3) is 0.158. The van der Waals surface area contributed by atoms with Crippen molar-refractivity contribution in [2.75, 3.05) is 7.05 Å². The number of para-hydroxylation sites is 1. The van der Waals surface area contributed by atoms with Crippen LogP contribution in [0.15, 0.2) is 65.3 Å². The molecule has 0 radical (unpaired) electrons. The predicted molar refractivity (Wildman–Crippen MR) is 94.5 cm³/mol. The molecule has 1 amide bonds. The molecule has 3 rings (SSSR count). The van der Waals surface area contributed by atoms with Crippen LogP contribution in [0.1, 0.15) is 21.9 Å². The normalized spacial score (nSPS) is 10.5. The minimum Gasteiger partial charge on any atom is -0.484 e. The van der Waals surface area contributed by atoms with Crippen LogP contribution in [-0.4, -0.2) is 22.8 Å². The monoisotopic (exact) mass is 356 g/mol. The highest BCUT2D eigenvalue weighted by molar-refractivity contribution is 6.31. The lowest BCUT2D eigenvalue weighted by molar-refractivity contribution is 0.0779. The van der Waals surface area contributed by atoms with Gasteiger partial charge in [0.05, 0.1) is 0 Å². The van der Waals surface area contributed by atoms with Crippen LogP contribution in [0.5, 0.6) is 5.75 Å². The largest absolute Gasteiger partial charge is 0.484 e. The molecule has 128 valence electrons. The molecular weight excluding hydrogens is 340 g/mol. The zero-order chi connectivity index (χ0) is 17.6. The lowest BCUT2D eigenvalue weighted by atomic mass is 10.2. The van der Waals surface area contributed by atoms with E-state index < -0.39 is 0 Å². The maximum atomic E-state index is 12.5. The van der Waals surface area contributed by atoms with Crippen LogP contribution >= 0.6 is 11.6 Å². The third-order valence-electron chi connectivity index (χ3n) is 3.59. The van der Waals surface area contributed by atoms with Gasteiger partial charge < -0.3 is 14.1 Å². The van der Waals surface area contributed by atoms with E-state index in [1.54, 1.807) is 18.0 Å². The molecule has 0 unspecified atom stereocenters. The van der Waals surface area contributed by atoms with Crippen LogP contribution in [0.4, 0.5) is 0 Å². The number of amides is 1. The highest BCUT2D eigenvalue weighted by atomic mass is 35.5. The van der Waals surface area contributed by atoms with Crippen LogP contribution in [0.2, 0.25) is 5.02 Å². The first-order valence-corrected chi connectivity index (χ1v) is 8.12. The Bertz CT molecular complexity index is 849. The van der Waals surface area contributed by atoms with Crippen molar-refractivity contribution in [2.45, 2.75) is 13.2 Å². The third kappa shape index (κ3) is 4.39. The lowest BCUT2D eigenvalue weighted by Crippen LogP contribution is -2.26. The second kappa shape index (κ2) is 7.85. The summed E-state index contributed by atoms with van der Waals surface area (Å²) in [4.78, 5) is 18.2. The maximum absolute atomic E-state index is 12.5. The first kappa shape index (κ1) is 17.0. The first-order chi connectivity index (χ1) is 12.1. The average molecular weight is 357 g/mol. The topological polar surface area (TPSA) is 55.6 Å². The fourth-order valence-electron chi connectivity index (χ4n) is 2.29. The Labute approximate surface area is 150 Å². The van der Waals surface area contributed by atoms with E-state index in [1.807, 2.05) is 48.5 Å². The van der Waals surface area contributed by atoms with E-state index in [1.165, 1.54) is 6.26 Å². The number of nitrogens with zero attached hydrogens (tertiary/aromatic N) is 2. The van der Waals surface area contributed by atoms with Crippen molar-refractivity contribution >= 4 is 17.5 Å². The number of oxazole rings is 1. The van der Waals surface area contributed by atoms with Crippen LogP contribution in [0, 0.1) is 0 Å². The van der Waals surface area contributed by atoms with Crippen molar-refractivity contribution in [3.8, 4) is 5.75 Å². The highest BCUT2D eigenvalue weighted by Crippen LogP contribution is 2.18. The molecule has 0 saturated carbocycles. The van der Waals surface area contributed by atoms with Crippen molar-refractivity contribution in [1.29, 1.82) is 0 Å². The Balaban J connectivity index is 1.61. The number of carbonyl (C=O) groups excluding carboxylic acids is 1. The molecule has 0 atom stereocenters. The van der Waals surface area contributed by atoms with Crippen molar-refractivity contribution in [3.05, 3.63) is 83.0 Å². The molecule has 1 heterocycles. The molecular formula is C19H17ClN2O3. The SMILES string of the molecule is CN(Cc1ccccc1Cl)C(=O)c1coc(COc2ccccc2)n1. The van der Waals surface area contributed by atoms with Crippen LogP contribution in [0.3, 0.4) is 0 Å². The number of carbonyl (C=O) groups is 1. The van der Waals surface area contributed by atoms with E-state index in [9.17, 15) is 4.79 Å². The number of aromatic nitrogens is 1. The molecule has 0 aliphatic heterocycles. The summed E-state index contributed by atoms with van der Waals surface area (Å²) < 4.78 is 10.9. The first-order valence-electron chi connectivity index (χ1n) is 7.74. The molecule has 0 fully saturated rings. The Morgan fingerprint density at radius 1 is 1.16 bits per heavy atom. The third-order valence-corrected chi connectivity index (χ3v) is 3.96. The average Bonchev–Trinajstić information content (AvgIpc) is 3.11. The molecule has 0 saturated heterocycles. The van der Waals surface area contributed by atoms with Gasteiger partial charge in [-0.3, -0.25) is 4.79 Å². The molecule has 1 aromatic heterocycles. The Morgan fingerprint density at radius 3 is 2.64 bits per heavy atom. The molecule has 0 aliphatic rings. The van der Waals surface area contributed by atoms with Gasteiger partial charge in [-0.05, 0) is 23.8 Å². The Kier molecular flexibility index (Phi) is 5.36. The fourth-order valence-corrected chi connectivity index (χ4v) is 2.48. The van der Waals surface area contributed by atoms with E-state index in [2.05, 4.69) is 4.98 Å². The van der Waals surface area contributed by atoms with Crippen molar-refractivity contribution in [3.63, 3.8) is 0 Å². The van der Waals surface area contributed by atoms with Crippen molar-refractivity contribution in [1.82, 2.24) is 9.88 Å². The zero-order valence-electron chi connectivity index (χ0n) is 13.7. The van der Waals surface area contributed by atoms with E-state index in [-0.39, 0.29) is 18.2 Å². The lowest BCUT2D eigenvalue weighted by Gasteiger charge is -2.16. The van der Waals surface area contributed by atoms with Gasteiger partial charge in [0.25, 0.3) is 5.91 Å².